The van der Waals surface area contributed by atoms with Gasteiger partial charge in [0.25, 0.3) is 0 Å². The van der Waals surface area contributed by atoms with Crippen LogP contribution in [0.4, 0.5) is 14.9 Å². The largest absolute Gasteiger partial charge is 0.388 e. The average Bonchev–Trinajstić information content (AvgIpc) is 2.52. The van der Waals surface area contributed by atoms with Gasteiger partial charge in [-0.3, -0.25) is 0 Å². The zero-order chi connectivity index (χ0) is 16.9. The van der Waals surface area contributed by atoms with Crippen LogP contribution in [0.2, 0.25) is 0 Å². The molecule has 0 saturated heterocycles. The molecule has 128 valence electrons. The molecule has 0 radical (unpaired) electrons. The van der Waals surface area contributed by atoms with E-state index in [1.54, 1.807) is 6.07 Å². The van der Waals surface area contributed by atoms with E-state index in [1.165, 1.54) is 6.07 Å². The topological polar surface area (TPSA) is 64.6 Å². The number of nitrogens with one attached hydrogen (secondary N) is 2. The van der Waals surface area contributed by atoms with Gasteiger partial charge < -0.3 is 20.6 Å². The molecule has 23 heavy (non-hydrogen) atoms. The first-order valence-corrected chi connectivity index (χ1v) is 8.25. The van der Waals surface area contributed by atoms with Crippen LogP contribution in [0.15, 0.2) is 18.2 Å². The van der Waals surface area contributed by atoms with Gasteiger partial charge in [0, 0.05) is 26.2 Å². The summed E-state index contributed by atoms with van der Waals surface area (Å²) in [6.45, 7) is 5.97. The van der Waals surface area contributed by atoms with E-state index >= 15 is 0 Å². The van der Waals surface area contributed by atoms with E-state index in [4.69, 9.17) is 0 Å². The average molecular weight is 323 g/mol. The summed E-state index contributed by atoms with van der Waals surface area (Å²) in [6, 6.07) is 4.66. The molecule has 6 heteroatoms. The molecule has 2 rings (SSSR count). The van der Waals surface area contributed by atoms with Crippen LogP contribution in [0.3, 0.4) is 0 Å². The van der Waals surface area contributed by atoms with Crippen LogP contribution >= 0.6 is 0 Å². The van der Waals surface area contributed by atoms with Crippen molar-refractivity contribution in [2.45, 2.75) is 45.3 Å². The molecule has 1 aliphatic rings. The lowest BCUT2D eigenvalue weighted by Gasteiger charge is -2.36. The maximum atomic E-state index is 14.2. The summed E-state index contributed by atoms with van der Waals surface area (Å²) >= 11 is 0. The van der Waals surface area contributed by atoms with Crippen LogP contribution in [-0.2, 0) is 6.54 Å². The first kappa shape index (κ1) is 17.5. The van der Waals surface area contributed by atoms with Gasteiger partial charge in [0.15, 0.2) is 0 Å². The van der Waals surface area contributed by atoms with Crippen LogP contribution < -0.4 is 15.5 Å². The van der Waals surface area contributed by atoms with Gasteiger partial charge in [-0.1, -0.05) is 6.07 Å². The molecule has 1 aliphatic carbocycles. The van der Waals surface area contributed by atoms with Crippen LogP contribution in [-0.4, -0.2) is 36.4 Å². The lowest BCUT2D eigenvalue weighted by atomic mass is 9.80. The molecule has 1 saturated carbocycles. The van der Waals surface area contributed by atoms with Gasteiger partial charge in [-0.05, 0) is 50.8 Å². The van der Waals surface area contributed by atoms with Crippen LogP contribution in [0.1, 0.15) is 38.7 Å². The minimum Gasteiger partial charge on any atom is -0.388 e. The SMILES string of the molecule is CCN(CC)c1ccc(CNC(=O)NCC2(O)CCC2)cc1F. The Morgan fingerprint density at radius 3 is 2.52 bits per heavy atom. The van der Waals surface area contributed by atoms with Crippen molar-refractivity contribution < 1.29 is 14.3 Å². The molecule has 5 nitrogen and oxygen atoms in total. The van der Waals surface area contributed by atoms with Crippen molar-refractivity contribution in [2.75, 3.05) is 24.5 Å². The molecule has 2 amide bonds. The van der Waals surface area contributed by atoms with Crippen molar-refractivity contribution in [3.05, 3.63) is 29.6 Å². The summed E-state index contributed by atoms with van der Waals surface area (Å²) in [7, 11) is 0. The first-order valence-electron chi connectivity index (χ1n) is 8.25. The fraction of sp³-hybridized carbons (Fsp3) is 0.588. The summed E-state index contributed by atoms with van der Waals surface area (Å²) in [4.78, 5) is 13.7. The van der Waals surface area contributed by atoms with E-state index in [0.717, 1.165) is 32.4 Å². The minimum absolute atomic E-state index is 0.250. The predicted molar refractivity (Wildman–Crippen MR) is 89.0 cm³/mol. The van der Waals surface area contributed by atoms with Gasteiger partial charge in [0.1, 0.15) is 5.82 Å². The predicted octanol–water partition coefficient (Wildman–Crippen LogP) is 2.39. The number of nitrogens with zero attached hydrogens (tertiary/aromatic N) is 1. The molecule has 0 heterocycles. The monoisotopic (exact) mass is 323 g/mol. The van der Waals surface area contributed by atoms with Crippen molar-refractivity contribution in [1.82, 2.24) is 10.6 Å². The Kier molecular flexibility index (Phi) is 5.82. The molecule has 0 aromatic heterocycles. The van der Waals surface area contributed by atoms with Crippen molar-refractivity contribution in [3.8, 4) is 0 Å². The lowest BCUT2D eigenvalue weighted by molar-refractivity contribution is -0.0290. The van der Waals surface area contributed by atoms with Gasteiger partial charge in [-0.25, -0.2) is 9.18 Å². The Balaban J connectivity index is 1.83. The molecule has 0 bridgehead atoms. The fourth-order valence-electron chi connectivity index (χ4n) is 2.73. The highest BCUT2D eigenvalue weighted by atomic mass is 19.1. The van der Waals surface area contributed by atoms with Crippen molar-refractivity contribution in [2.24, 2.45) is 0 Å². The van der Waals surface area contributed by atoms with Gasteiger partial charge in [-0.15, -0.1) is 0 Å². The number of amides is 2. The smallest absolute Gasteiger partial charge is 0.315 e. The third kappa shape index (κ3) is 4.58. The number of halogens is 1. The van der Waals surface area contributed by atoms with Crippen LogP contribution in [0.5, 0.6) is 0 Å². The highest BCUT2D eigenvalue weighted by Crippen LogP contribution is 2.30. The van der Waals surface area contributed by atoms with Gasteiger partial charge in [0.2, 0.25) is 0 Å². The Morgan fingerprint density at radius 1 is 1.30 bits per heavy atom. The van der Waals surface area contributed by atoms with E-state index in [9.17, 15) is 14.3 Å². The Bertz CT molecular complexity index is 543. The highest BCUT2D eigenvalue weighted by molar-refractivity contribution is 5.74. The lowest BCUT2D eigenvalue weighted by Crippen LogP contribution is -2.49. The van der Waals surface area contributed by atoms with Crippen molar-refractivity contribution in [3.63, 3.8) is 0 Å². The van der Waals surface area contributed by atoms with Crippen LogP contribution in [0, 0.1) is 5.82 Å². The van der Waals surface area contributed by atoms with E-state index in [1.807, 2.05) is 24.8 Å². The highest BCUT2D eigenvalue weighted by Gasteiger charge is 2.34. The third-order valence-corrected chi connectivity index (χ3v) is 4.43. The second-order valence-corrected chi connectivity index (χ2v) is 6.07. The van der Waals surface area contributed by atoms with Gasteiger partial charge in [0.05, 0.1) is 11.3 Å². The standard InChI is InChI=1S/C17H26FN3O2/c1-3-21(4-2)15-7-6-13(10-14(15)18)11-19-16(22)20-12-17(23)8-5-9-17/h6-7,10,23H,3-5,8-9,11-12H2,1-2H3,(H2,19,20,22). The molecule has 0 atom stereocenters. The zero-order valence-corrected chi connectivity index (χ0v) is 13.9. The number of rotatable bonds is 7. The number of hydrogen-bond acceptors (Lipinski definition) is 3. The molecule has 3 N–H and O–H groups in total. The molecule has 1 fully saturated rings. The number of urea groups is 1. The molecule has 1 aromatic carbocycles. The third-order valence-electron chi connectivity index (χ3n) is 4.43. The molecular formula is C17H26FN3O2. The van der Waals surface area contributed by atoms with Gasteiger partial charge >= 0.3 is 6.03 Å². The Labute approximate surface area is 136 Å². The second kappa shape index (κ2) is 7.64. The minimum atomic E-state index is -0.741. The number of benzene rings is 1. The van der Waals surface area contributed by atoms with E-state index < -0.39 is 5.60 Å². The van der Waals surface area contributed by atoms with Crippen molar-refractivity contribution in [1.29, 1.82) is 0 Å². The quantitative estimate of drug-likeness (QED) is 0.722. The molecule has 0 aliphatic heterocycles. The first-order chi connectivity index (χ1) is 11.0. The summed E-state index contributed by atoms with van der Waals surface area (Å²) in [6.07, 6.45) is 2.45. The maximum Gasteiger partial charge on any atom is 0.315 e. The molecule has 0 spiro atoms. The maximum absolute atomic E-state index is 14.2. The van der Waals surface area contributed by atoms with E-state index in [-0.39, 0.29) is 24.9 Å². The molecule has 0 unspecified atom stereocenters. The Hall–Kier alpha value is -1.82. The second-order valence-electron chi connectivity index (χ2n) is 6.07. The normalized spacial score (nSPS) is 15.7. The van der Waals surface area contributed by atoms with E-state index in [0.29, 0.717) is 11.3 Å². The summed E-state index contributed by atoms with van der Waals surface area (Å²) in [5.41, 5.74) is 0.542. The number of carbonyl (C=O) groups excluding carboxylic acids is 1. The van der Waals surface area contributed by atoms with Crippen LogP contribution in [0.25, 0.3) is 0 Å². The number of anilines is 1. The number of carbonyl (C=O) groups is 1. The van der Waals surface area contributed by atoms with Crippen molar-refractivity contribution >= 4 is 11.7 Å². The summed E-state index contributed by atoms with van der Waals surface area (Å²) in [5, 5.41) is 15.3. The molecular weight excluding hydrogens is 297 g/mol. The number of hydrogen-bond donors (Lipinski definition) is 3. The zero-order valence-electron chi connectivity index (χ0n) is 13.9. The fourth-order valence-corrected chi connectivity index (χ4v) is 2.73. The van der Waals surface area contributed by atoms with Gasteiger partial charge in [-0.2, -0.15) is 0 Å². The summed E-state index contributed by atoms with van der Waals surface area (Å²) in [5.74, 6) is -0.280. The van der Waals surface area contributed by atoms with E-state index in [2.05, 4.69) is 10.6 Å². The Morgan fingerprint density at radius 2 is 2.00 bits per heavy atom. The number of aliphatic hydroxyl groups is 1. The molecule has 1 aromatic rings. The summed E-state index contributed by atoms with van der Waals surface area (Å²) < 4.78 is 14.2.